The van der Waals surface area contributed by atoms with Gasteiger partial charge in [0.25, 0.3) is 5.91 Å². The molecule has 0 saturated heterocycles. The van der Waals surface area contributed by atoms with E-state index in [1.165, 1.54) is 12.1 Å². The van der Waals surface area contributed by atoms with Gasteiger partial charge in [0, 0.05) is 10.7 Å². The largest absolute Gasteiger partial charge is 0.573 e. The highest BCUT2D eigenvalue weighted by Gasteiger charge is 2.31. The van der Waals surface area contributed by atoms with E-state index in [4.69, 9.17) is 16.3 Å². The van der Waals surface area contributed by atoms with Gasteiger partial charge in [0.1, 0.15) is 11.5 Å². The highest BCUT2D eigenvalue weighted by Crippen LogP contribution is 2.24. The Morgan fingerprint density at radius 1 is 1.16 bits per heavy atom. The van der Waals surface area contributed by atoms with Crippen molar-refractivity contribution in [2.45, 2.75) is 25.8 Å². The Morgan fingerprint density at radius 2 is 1.84 bits per heavy atom. The molecule has 0 heterocycles. The van der Waals surface area contributed by atoms with Crippen molar-refractivity contribution in [1.82, 2.24) is 0 Å². The van der Waals surface area contributed by atoms with Crippen LogP contribution < -0.4 is 14.8 Å². The van der Waals surface area contributed by atoms with E-state index in [-0.39, 0.29) is 5.75 Å². The minimum Gasteiger partial charge on any atom is -0.481 e. The zero-order chi connectivity index (χ0) is 18.4. The van der Waals surface area contributed by atoms with Crippen LogP contribution in [0.4, 0.5) is 18.9 Å². The van der Waals surface area contributed by atoms with Crippen LogP contribution in [0.1, 0.15) is 13.3 Å². The summed E-state index contributed by atoms with van der Waals surface area (Å²) >= 11 is 5.87. The van der Waals surface area contributed by atoms with E-state index in [2.05, 4.69) is 10.1 Å². The number of hydrogen-bond donors (Lipinski definition) is 1. The lowest BCUT2D eigenvalue weighted by molar-refractivity contribution is -0.274. The number of benzene rings is 2. The number of ether oxygens (including phenoxy) is 2. The molecule has 0 aliphatic heterocycles. The number of anilines is 1. The van der Waals surface area contributed by atoms with Gasteiger partial charge in [-0.15, -0.1) is 13.2 Å². The summed E-state index contributed by atoms with van der Waals surface area (Å²) in [5, 5.41) is 3.06. The molecule has 134 valence electrons. The monoisotopic (exact) mass is 373 g/mol. The number of amides is 1. The van der Waals surface area contributed by atoms with Gasteiger partial charge in [-0.1, -0.05) is 24.6 Å². The van der Waals surface area contributed by atoms with Crippen molar-refractivity contribution in [2.75, 3.05) is 5.32 Å². The molecule has 0 aromatic heterocycles. The summed E-state index contributed by atoms with van der Waals surface area (Å²) in [6.45, 7) is 1.77. The first-order valence-corrected chi connectivity index (χ1v) is 7.73. The number of hydrogen-bond acceptors (Lipinski definition) is 3. The molecule has 25 heavy (non-hydrogen) atoms. The molecule has 0 aliphatic rings. The predicted molar refractivity (Wildman–Crippen MR) is 87.9 cm³/mol. The summed E-state index contributed by atoms with van der Waals surface area (Å²) in [5.74, 6) is -0.344. The van der Waals surface area contributed by atoms with Crippen LogP contribution >= 0.6 is 11.6 Å². The van der Waals surface area contributed by atoms with Crippen molar-refractivity contribution in [3.8, 4) is 11.5 Å². The second-order valence-electron chi connectivity index (χ2n) is 5.03. The van der Waals surface area contributed by atoms with Crippen LogP contribution in [0, 0.1) is 0 Å². The lowest BCUT2D eigenvalue weighted by atomic mass is 10.2. The first-order valence-electron chi connectivity index (χ1n) is 7.35. The zero-order valence-corrected chi connectivity index (χ0v) is 13.9. The van der Waals surface area contributed by atoms with E-state index in [1.807, 2.05) is 0 Å². The van der Waals surface area contributed by atoms with E-state index < -0.39 is 18.4 Å². The average Bonchev–Trinajstić information content (AvgIpc) is 2.53. The third-order valence-corrected chi connectivity index (χ3v) is 3.33. The molecular formula is C17H15ClF3NO3. The van der Waals surface area contributed by atoms with Crippen LogP contribution in [0.2, 0.25) is 5.02 Å². The summed E-state index contributed by atoms with van der Waals surface area (Å²) in [4.78, 5) is 12.3. The zero-order valence-electron chi connectivity index (χ0n) is 13.1. The van der Waals surface area contributed by atoms with Crippen LogP contribution in [-0.4, -0.2) is 18.4 Å². The highest BCUT2D eigenvalue weighted by molar-refractivity contribution is 6.30. The third kappa shape index (κ3) is 6.19. The normalized spacial score (nSPS) is 12.4. The summed E-state index contributed by atoms with van der Waals surface area (Å²) in [6, 6.07) is 11.5. The summed E-state index contributed by atoms with van der Waals surface area (Å²) < 4.78 is 45.7. The Bertz CT molecular complexity index is 720. The SMILES string of the molecule is CC[C@H](Oc1cccc(Cl)c1)C(=O)Nc1ccc(OC(F)(F)F)cc1. The molecule has 4 nitrogen and oxygen atoms in total. The standard InChI is InChI=1S/C17H15ClF3NO3/c1-2-15(24-14-5-3-4-11(18)10-14)16(23)22-12-6-8-13(9-7-12)25-17(19,20)21/h3-10,15H,2H2,1H3,(H,22,23)/t15-/m0/s1. The summed E-state index contributed by atoms with van der Waals surface area (Å²) in [5.41, 5.74) is 0.327. The van der Waals surface area contributed by atoms with Crippen molar-refractivity contribution in [3.05, 3.63) is 53.6 Å². The van der Waals surface area contributed by atoms with Gasteiger partial charge >= 0.3 is 6.36 Å². The molecule has 1 atom stereocenters. The van der Waals surface area contributed by atoms with Crippen molar-refractivity contribution in [1.29, 1.82) is 0 Å². The smallest absolute Gasteiger partial charge is 0.481 e. The van der Waals surface area contributed by atoms with E-state index in [9.17, 15) is 18.0 Å². The Morgan fingerprint density at radius 3 is 2.40 bits per heavy atom. The van der Waals surface area contributed by atoms with Gasteiger partial charge in [0.15, 0.2) is 6.10 Å². The van der Waals surface area contributed by atoms with Crippen LogP contribution in [0.25, 0.3) is 0 Å². The fourth-order valence-corrected chi connectivity index (χ4v) is 2.17. The number of halogens is 4. The highest BCUT2D eigenvalue weighted by atomic mass is 35.5. The number of carbonyl (C=O) groups is 1. The van der Waals surface area contributed by atoms with E-state index in [1.54, 1.807) is 31.2 Å². The molecule has 0 fully saturated rings. The molecule has 2 aromatic rings. The Labute approximate surface area is 147 Å². The van der Waals surface area contributed by atoms with E-state index in [0.717, 1.165) is 12.1 Å². The van der Waals surface area contributed by atoms with Crippen molar-refractivity contribution < 1.29 is 27.4 Å². The van der Waals surface area contributed by atoms with Crippen molar-refractivity contribution >= 4 is 23.2 Å². The van der Waals surface area contributed by atoms with Crippen LogP contribution in [0.3, 0.4) is 0 Å². The molecule has 0 saturated carbocycles. The average molecular weight is 374 g/mol. The van der Waals surface area contributed by atoms with Gasteiger partial charge in [-0.05, 0) is 48.9 Å². The minimum absolute atomic E-state index is 0.327. The lowest BCUT2D eigenvalue weighted by Gasteiger charge is -2.17. The molecule has 0 radical (unpaired) electrons. The van der Waals surface area contributed by atoms with Crippen LogP contribution in [0.15, 0.2) is 48.5 Å². The maximum atomic E-state index is 12.3. The number of carbonyl (C=O) groups excluding carboxylic acids is 1. The Hall–Kier alpha value is -2.41. The summed E-state index contributed by atoms with van der Waals surface area (Å²) in [6.07, 6.45) is -5.14. The van der Waals surface area contributed by atoms with Gasteiger partial charge in [0.05, 0.1) is 0 Å². The quantitative estimate of drug-likeness (QED) is 0.772. The predicted octanol–water partition coefficient (Wildman–Crippen LogP) is 5.03. The lowest BCUT2D eigenvalue weighted by Crippen LogP contribution is -2.32. The Kier molecular flexibility index (Phi) is 6.14. The molecule has 0 spiro atoms. The van der Waals surface area contributed by atoms with Gasteiger partial charge < -0.3 is 14.8 Å². The van der Waals surface area contributed by atoms with Gasteiger partial charge in [-0.3, -0.25) is 4.79 Å². The molecule has 0 unspecified atom stereocenters. The van der Waals surface area contributed by atoms with Gasteiger partial charge in [0.2, 0.25) is 0 Å². The molecule has 1 N–H and O–H groups in total. The fraction of sp³-hybridized carbons (Fsp3) is 0.235. The van der Waals surface area contributed by atoms with Crippen molar-refractivity contribution in [3.63, 3.8) is 0 Å². The second-order valence-corrected chi connectivity index (χ2v) is 5.47. The number of alkyl halides is 3. The van der Waals surface area contributed by atoms with Crippen molar-refractivity contribution in [2.24, 2.45) is 0 Å². The molecule has 0 aliphatic carbocycles. The fourth-order valence-electron chi connectivity index (χ4n) is 1.99. The molecular weight excluding hydrogens is 359 g/mol. The van der Waals surface area contributed by atoms with Crippen LogP contribution in [-0.2, 0) is 4.79 Å². The topological polar surface area (TPSA) is 47.6 Å². The Balaban J connectivity index is 1.99. The molecule has 1 amide bonds. The maximum absolute atomic E-state index is 12.3. The first kappa shape index (κ1) is 18.9. The summed E-state index contributed by atoms with van der Waals surface area (Å²) in [7, 11) is 0. The maximum Gasteiger partial charge on any atom is 0.573 e. The van der Waals surface area contributed by atoms with E-state index >= 15 is 0 Å². The third-order valence-electron chi connectivity index (χ3n) is 3.09. The van der Waals surface area contributed by atoms with E-state index in [0.29, 0.717) is 22.9 Å². The van der Waals surface area contributed by atoms with Crippen LogP contribution in [0.5, 0.6) is 11.5 Å². The van der Waals surface area contributed by atoms with Gasteiger partial charge in [-0.2, -0.15) is 0 Å². The molecule has 2 aromatic carbocycles. The number of rotatable bonds is 6. The molecule has 8 heteroatoms. The second kappa shape index (κ2) is 8.11. The molecule has 2 rings (SSSR count). The molecule has 0 bridgehead atoms. The first-order chi connectivity index (χ1) is 11.8. The van der Waals surface area contributed by atoms with Gasteiger partial charge in [-0.25, -0.2) is 0 Å². The number of nitrogens with one attached hydrogen (secondary N) is 1. The minimum atomic E-state index is -4.76.